The first-order valence-electron chi connectivity index (χ1n) is 9.22. The summed E-state index contributed by atoms with van der Waals surface area (Å²) in [6.45, 7) is 1.38. The number of Topliss-reactive ketones (excluding diaryl/α,β-unsaturated/α-hetero) is 1. The zero-order valence-electron chi connectivity index (χ0n) is 16.0. The highest BCUT2D eigenvalue weighted by Gasteiger charge is 2.40. The average Bonchev–Trinajstić information content (AvgIpc) is 2.70. The smallest absolute Gasteiger partial charge is 0.454 e. The lowest BCUT2D eigenvalue weighted by molar-refractivity contribution is -0.0884. The van der Waals surface area contributed by atoms with Crippen LogP contribution >= 0.6 is 23.2 Å². The summed E-state index contributed by atoms with van der Waals surface area (Å²) < 4.78 is 39.2. The molecule has 0 saturated carbocycles. The SMILES string of the molecule is O=C(O)N1CCN(c2ccc(C(=O)C(F)(F)F)c(NCc3cc(Cl)cc(Cl)c3)c2)CC1. The number of hydrogen-bond donors (Lipinski definition) is 2. The Morgan fingerprint density at radius 2 is 1.61 bits per heavy atom. The van der Waals surface area contributed by atoms with Crippen LogP contribution in [0.4, 0.5) is 29.3 Å². The number of carbonyl (C=O) groups excluding carboxylic acids is 1. The first-order valence-corrected chi connectivity index (χ1v) is 9.97. The molecule has 166 valence electrons. The topological polar surface area (TPSA) is 72.9 Å². The molecule has 2 N–H and O–H groups in total. The van der Waals surface area contributed by atoms with E-state index in [2.05, 4.69) is 5.32 Å². The van der Waals surface area contributed by atoms with Crippen molar-refractivity contribution in [3.8, 4) is 0 Å². The van der Waals surface area contributed by atoms with Crippen molar-refractivity contribution in [3.63, 3.8) is 0 Å². The van der Waals surface area contributed by atoms with E-state index in [0.717, 1.165) is 6.07 Å². The molecule has 31 heavy (non-hydrogen) atoms. The molecule has 2 aromatic carbocycles. The van der Waals surface area contributed by atoms with Crippen LogP contribution < -0.4 is 10.2 Å². The van der Waals surface area contributed by atoms with Crippen molar-refractivity contribution in [1.29, 1.82) is 0 Å². The molecule has 1 amide bonds. The van der Waals surface area contributed by atoms with Gasteiger partial charge in [-0.25, -0.2) is 4.79 Å². The summed E-state index contributed by atoms with van der Waals surface area (Å²) in [6.07, 6.45) is -6.04. The molecule has 0 radical (unpaired) electrons. The number of benzene rings is 2. The van der Waals surface area contributed by atoms with E-state index in [1.54, 1.807) is 12.1 Å². The number of amides is 1. The van der Waals surface area contributed by atoms with Crippen molar-refractivity contribution in [2.45, 2.75) is 12.7 Å². The molecular weight excluding hydrogens is 458 g/mol. The van der Waals surface area contributed by atoms with Gasteiger partial charge in [-0.15, -0.1) is 0 Å². The minimum atomic E-state index is -5.02. The molecule has 1 fully saturated rings. The molecule has 1 aliphatic rings. The van der Waals surface area contributed by atoms with Gasteiger partial charge in [0.2, 0.25) is 0 Å². The van der Waals surface area contributed by atoms with Crippen LogP contribution in [0.3, 0.4) is 0 Å². The maximum absolute atomic E-state index is 13.1. The molecule has 0 bridgehead atoms. The molecule has 3 rings (SSSR count). The van der Waals surface area contributed by atoms with E-state index in [1.807, 2.05) is 4.90 Å². The van der Waals surface area contributed by atoms with Crippen molar-refractivity contribution in [2.24, 2.45) is 0 Å². The summed E-state index contributed by atoms with van der Waals surface area (Å²) in [5, 5.41) is 12.7. The van der Waals surface area contributed by atoms with E-state index in [9.17, 15) is 22.8 Å². The third kappa shape index (κ3) is 5.74. The summed E-state index contributed by atoms with van der Waals surface area (Å²) in [6, 6.07) is 8.77. The Kier molecular flexibility index (Phi) is 6.86. The van der Waals surface area contributed by atoms with Crippen LogP contribution in [0, 0.1) is 0 Å². The number of nitrogens with one attached hydrogen (secondary N) is 1. The lowest BCUT2D eigenvalue weighted by Crippen LogP contribution is -2.48. The first kappa shape index (κ1) is 23.0. The molecule has 1 aliphatic heterocycles. The molecule has 0 spiro atoms. The first-order chi connectivity index (χ1) is 14.5. The largest absolute Gasteiger partial charge is 0.465 e. The lowest BCUT2D eigenvalue weighted by Gasteiger charge is -2.35. The monoisotopic (exact) mass is 475 g/mol. The van der Waals surface area contributed by atoms with E-state index in [0.29, 0.717) is 34.4 Å². The second kappa shape index (κ2) is 9.23. The Morgan fingerprint density at radius 3 is 2.16 bits per heavy atom. The maximum Gasteiger partial charge on any atom is 0.454 e. The minimum Gasteiger partial charge on any atom is -0.465 e. The van der Waals surface area contributed by atoms with E-state index < -0.39 is 23.6 Å². The molecule has 0 aliphatic carbocycles. The van der Waals surface area contributed by atoms with Crippen molar-refractivity contribution in [1.82, 2.24) is 4.90 Å². The zero-order valence-corrected chi connectivity index (χ0v) is 17.6. The van der Waals surface area contributed by atoms with Crippen LogP contribution in [0.15, 0.2) is 36.4 Å². The lowest BCUT2D eigenvalue weighted by atomic mass is 10.1. The molecular formula is C20H18Cl2F3N3O3. The Hall–Kier alpha value is -2.65. The second-order valence-electron chi connectivity index (χ2n) is 6.94. The number of nitrogens with zero attached hydrogens (tertiary/aromatic N) is 2. The van der Waals surface area contributed by atoms with Crippen molar-refractivity contribution in [3.05, 3.63) is 57.6 Å². The maximum atomic E-state index is 13.1. The van der Waals surface area contributed by atoms with Gasteiger partial charge < -0.3 is 20.2 Å². The quantitative estimate of drug-likeness (QED) is 0.585. The minimum absolute atomic E-state index is 0.0107. The summed E-state index contributed by atoms with van der Waals surface area (Å²) in [7, 11) is 0. The van der Waals surface area contributed by atoms with Gasteiger partial charge in [0.25, 0.3) is 5.78 Å². The van der Waals surface area contributed by atoms with E-state index >= 15 is 0 Å². The molecule has 1 heterocycles. The van der Waals surface area contributed by atoms with E-state index in [-0.39, 0.29) is 25.3 Å². The van der Waals surface area contributed by atoms with Gasteiger partial charge in [-0.2, -0.15) is 13.2 Å². The summed E-state index contributed by atoms with van der Waals surface area (Å²) in [5.74, 6) is -1.96. The summed E-state index contributed by atoms with van der Waals surface area (Å²) in [4.78, 5) is 26.1. The van der Waals surface area contributed by atoms with E-state index in [1.165, 1.54) is 23.1 Å². The van der Waals surface area contributed by atoms with Gasteiger partial charge in [0, 0.05) is 54.1 Å². The Bertz CT molecular complexity index is 973. The Labute approximate surface area is 186 Å². The summed E-state index contributed by atoms with van der Waals surface area (Å²) in [5.41, 5.74) is 0.712. The van der Waals surface area contributed by atoms with Gasteiger partial charge in [-0.1, -0.05) is 23.2 Å². The number of anilines is 2. The fraction of sp³-hybridized carbons (Fsp3) is 0.300. The summed E-state index contributed by atoms with van der Waals surface area (Å²) >= 11 is 11.9. The Balaban J connectivity index is 1.87. The van der Waals surface area contributed by atoms with Crippen LogP contribution in [-0.4, -0.2) is 54.2 Å². The molecule has 0 aromatic heterocycles. The van der Waals surface area contributed by atoms with Crippen LogP contribution in [0.2, 0.25) is 10.0 Å². The number of hydrogen-bond acceptors (Lipinski definition) is 4. The zero-order chi connectivity index (χ0) is 22.8. The van der Waals surface area contributed by atoms with Gasteiger partial charge in [0.15, 0.2) is 0 Å². The van der Waals surface area contributed by atoms with Gasteiger partial charge in [-0.3, -0.25) is 4.79 Å². The second-order valence-corrected chi connectivity index (χ2v) is 7.82. The number of alkyl halides is 3. The van der Waals surface area contributed by atoms with E-state index in [4.69, 9.17) is 28.3 Å². The normalized spacial score (nSPS) is 14.5. The van der Waals surface area contributed by atoms with Crippen molar-refractivity contribution >= 4 is 46.5 Å². The molecule has 2 aromatic rings. The average molecular weight is 476 g/mol. The number of piperazine rings is 1. The molecule has 0 unspecified atom stereocenters. The number of ketones is 1. The fourth-order valence-electron chi connectivity index (χ4n) is 3.29. The Morgan fingerprint density at radius 1 is 1.00 bits per heavy atom. The predicted molar refractivity (Wildman–Crippen MR) is 112 cm³/mol. The third-order valence-electron chi connectivity index (χ3n) is 4.83. The van der Waals surface area contributed by atoms with Crippen molar-refractivity contribution < 1.29 is 27.9 Å². The number of rotatable bonds is 5. The standard InChI is InChI=1S/C20H18Cl2F3N3O3/c21-13-7-12(8-14(22)9-13)11-26-17-10-15(1-2-16(17)18(29)20(23,24)25)27-3-5-28(6-4-27)19(30)31/h1-2,7-10,26H,3-6,11H2,(H,30,31). The predicted octanol–water partition coefficient (Wildman–Crippen LogP) is 5.15. The molecule has 6 nitrogen and oxygen atoms in total. The third-order valence-corrected chi connectivity index (χ3v) is 5.26. The number of carbonyl (C=O) groups is 2. The highest BCUT2D eigenvalue weighted by atomic mass is 35.5. The van der Waals surface area contributed by atoms with Crippen LogP contribution in [0.1, 0.15) is 15.9 Å². The van der Waals surface area contributed by atoms with Crippen LogP contribution in [0.5, 0.6) is 0 Å². The number of halogens is 5. The van der Waals surface area contributed by atoms with Crippen LogP contribution in [-0.2, 0) is 6.54 Å². The molecule has 11 heteroatoms. The van der Waals surface area contributed by atoms with Gasteiger partial charge in [0.1, 0.15) is 0 Å². The van der Waals surface area contributed by atoms with Gasteiger partial charge in [0.05, 0.1) is 5.56 Å². The number of carboxylic acid groups (broad SMARTS) is 1. The van der Waals surface area contributed by atoms with Gasteiger partial charge >= 0.3 is 12.3 Å². The van der Waals surface area contributed by atoms with Crippen LogP contribution in [0.25, 0.3) is 0 Å². The fourth-order valence-corrected chi connectivity index (χ4v) is 3.86. The highest BCUT2D eigenvalue weighted by Crippen LogP contribution is 2.31. The van der Waals surface area contributed by atoms with Crippen molar-refractivity contribution in [2.75, 3.05) is 36.4 Å². The highest BCUT2D eigenvalue weighted by molar-refractivity contribution is 6.34. The molecule has 0 atom stereocenters. The van der Waals surface area contributed by atoms with Gasteiger partial charge in [-0.05, 0) is 42.0 Å². The molecule has 1 saturated heterocycles.